The van der Waals surface area contributed by atoms with Crippen LogP contribution in [-0.2, 0) is 6.54 Å². The zero-order valence-corrected chi connectivity index (χ0v) is 14.4. The number of aromatic nitrogens is 2. The minimum Gasteiger partial charge on any atom is -0.322 e. The van der Waals surface area contributed by atoms with Crippen molar-refractivity contribution in [1.82, 2.24) is 9.55 Å². The lowest BCUT2D eigenvalue weighted by Gasteiger charge is -2.09. The molecule has 0 spiro atoms. The van der Waals surface area contributed by atoms with E-state index in [0.717, 1.165) is 12.3 Å². The van der Waals surface area contributed by atoms with Gasteiger partial charge in [-0.05, 0) is 24.3 Å². The standard InChI is InChI=1S/C18H12ClF2N3O3/c19-13-7-11(5-6-15(13)21)23-16(25)12-8-22-18(27)24(17(12)26)9-10-3-1-2-4-14(10)20/h1-8H,9H2,(H,22,27)(H,23,25). The van der Waals surface area contributed by atoms with Crippen molar-refractivity contribution >= 4 is 23.2 Å². The predicted octanol–water partition coefficient (Wildman–Crippen LogP) is 2.77. The van der Waals surface area contributed by atoms with E-state index in [1.807, 2.05) is 0 Å². The maximum atomic E-state index is 13.8. The first-order valence-corrected chi connectivity index (χ1v) is 8.07. The highest BCUT2D eigenvalue weighted by atomic mass is 35.5. The summed E-state index contributed by atoms with van der Waals surface area (Å²) in [5.74, 6) is -2.08. The molecule has 138 valence electrons. The summed E-state index contributed by atoms with van der Waals surface area (Å²) in [5.41, 5.74) is -1.77. The van der Waals surface area contributed by atoms with Gasteiger partial charge < -0.3 is 10.3 Å². The van der Waals surface area contributed by atoms with Gasteiger partial charge in [-0.15, -0.1) is 0 Å². The molecular weight excluding hydrogens is 380 g/mol. The average Bonchev–Trinajstić information content (AvgIpc) is 2.63. The van der Waals surface area contributed by atoms with E-state index in [1.165, 1.54) is 30.3 Å². The Labute approximate surface area is 156 Å². The van der Waals surface area contributed by atoms with Gasteiger partial charge in [0.15, 0.2) is 0 Å². The zero-order chi connectivity index (χ0) is 19.6. The van der Waals surface area contributed by atoms with Crippen LogP contribution in [0, 0.1) is 11.6 Å². The number of benzene rings is 2. The molecule has 0 atom stereocenters. The van der Waals surface area contributed by atoms with Crippen LogP contribution in [0.15, 0.2) is 58.3 Å². The van der Waals surface area contributed by atoms with Crippen molar-refractivity contribution in [2.75, 3.05) is 5.32 Å². The Kier molecular flexibility index (Phi) is 5.18. The van der Waals surface area contributed by atoms with E-state index in [2.05, 4.69) is 10.3 Å². The molecule has 0 aliphatic heterocycles. The second kappa shape index (κ2) is 7.55. The van der Waals surface area contributed by atoms with Crippen LogP contribution >= 0.6 is 11.6 Å². The third-order valence-electron chi connectivity index (χ3n) is 3.77. The fourth-order valence-electron chi connectivity index (χ4n) is 2.39. The van der Waals surface area contributed by atoms with Crippen LogP contribution in [-0.4, -0.2) is 15.5 Å². The normalized spacial score (nSPS) is 10.6. The van der Waals surface area contributed by atoms with Crippen molar-refractivity contribution < 1.29 is 13.6 Å². The van der Waals surface area contributed by atoms with Gasteiger partial charge in [0, 0.05) is 17.4 Å². The summed E-state index contributed by atoms with van der Waals surface area (Å²) in [7, 11) is 0. The molecule has 27 heavy (non-hydrogen) atoms. The minimum atomic E-state index is -0.896. The Morgan fingerprint density at radius 3 is 2.56 bits per heavy atom. The first-order valence-electron chi connectivity index (χ1n) is 7.69. The molecule has 0 fully saturated rings. The monoisotopic (exact) mass is 391 g/mol. The van der Waals surface area contributed by atoms with E-state index < -0.39 is 28.8 Å². The number of nitrogens with zero attached hydrogens (tertiary/aromatic N) is 1. The highest BCUT2D eigenvalue weighted by Crippen LogP contribution is 2.19. The van der Waals surface area contributed by atoms with Gasteiger partial charge in [0.25, 0.3) is 11.5 Å². The SMILES string of the molecule is O=C(Nc1ccc(F)c(Cl)c1)c1c[nH]c(=O)n(Cc2ccccc2F)c1=O. The molecule has 0 radical (unpaired) electrons. The summed E-state index contributed by atoms with van der Waals surface area (Å²) in [5, 5.41) is 2.19. The topological polar surface area (TPSA) is 84.0 Å². The third kappa shape index (κ3) is 3.95. The fraction of sp³-hybridized carbons (Fsp3) is 0.0556. The molecule has 0 aliphatic carbocycles. The van der Waals surface area contributed by atoms with Crippen LogP contribution in [0.25, 0.3) is 0 Å². The summed E-state index contributed by atoms with van der Waals surface area (Å²) in [6, 6.07) is 9.16. The number of aromatic amines is 1. The van der Waals surface area contributed by atoms with Crippen molar-refractivity contribution in [3.8, 4) is 0 Å². The minimum absolute atomic E-state index is 0.118. The van der Waals surface area contributed by atoms with Crippen molar-refractivity contribution in [2.24, 2.45) is 0 Å². The van der Waals surface area contributed by atoms with Gasteiger partial charge in [-0.1, -0.05) is 29.8 Å². The maximum Gasteiger partial charge on any atom is 0.328 e. The van der Waals surface area contributed by atoms with E-state index in [1.54, 1.807) is 6.07 Å². The molecular formula is C18H12ClF2N3O3. The number of nitrogens with one attached hydrogen (secondary N) is 2. The fourth-order valence-corrected chi connectivity index (χ4v) is 2.57. The Hall–Kier alpha value is -3.26. The molecule has 3 rings (SSSR count). The molecule has 9 heteroatoms. The lowest BCUT2D eigenvalue weighted by Crippen LogP contribution is -2.39. The Morgan fingerprint density at radius 2 is 1.85 bits per heavy atom. The molecule has 1 heterocycles. The van der Waals surface area contributed by atoms with Crippen LogP contribution < -0.4 is 16.6 Å². The summed E-state index contributed by atoms with van der Waals surface area (Å²) in [6.07, 6.45) is 0.961. The zero-order valence-electron chi connectivity index (χ0n) is 13.6. The van der Waals surface area contributed by atoms with Gasteiger partial charge in [0.1, 0.15) is 17.2 Å². The second-order valence-corrected chi connectivity index (χ2v) is 5.98. The number of rotatable bonds is 4. The van der Waals surface area contributed by atoms with Gasteiger partial charge in [-0.2, -0.15) is 0 Å². The van der Waals surface area contributed by atoms with Crippen molar-refractivity contribution in [3.63, 3.8) is 0 Å². The summed E-state index contributed by atoms with van der Waals surface area (Å²) in [6.45, 7) is -0.343. The molecule has 0 saturated heterocycles. The molecule has 2 aromatic carbocycles. The van der Waals surface area contributed by atoms with Crippen LogP contribution in [0.3, 0.4) is 0 Å². The number of hydrogen-bond donors (Lipinski definition) is 2. The van der Waals surface area contributed by atoms with Crippen molar-refractivity contribution in [3.05, 3.63) is 97.3 Å². The second-order valence-electron chi connectivity index (χ2n) is 5.57. The van der Waals surface area contributed by atoms with Gasteiger partial charge >= 0.3 is 5.69 Å². The Bertz CT molecular complexity index is 1140. The average molecular weight is 392 g/mol. The maximum absolute atomic E-state index is 13.8. The molecule has 3 aromatic rings. The van der Waals surface area contributed by atoms with Crippen molar-refractivity contribution in [1.29, 1.82) is 0 Å². The summed E-state index contributed by atoms with van der Waals surface area (Å²) >= 11 is 5.65. The molecule has 0 aliphatic rings. The first-order chi connectivity index (χ1) is 12.9. The van der Waals surface area contributed by atoms with Gasteiger partial charge in [-0.25, -0.2) is 13.6 Å². The van der Waals surface area contributed by atoms with Crippen LogP contribution in [0.2, 0.25) is 5.02 Å². The van der Waals surface area contributed by atoms with E-state index in [-0.39, 0.29) is 28.4 Å². The van der Waals surface area contributed by atoms with Crippen LogP contribution in [0.1, 0.15) is 15.9 Å². The molecule has 6 nitrogen and oxygen atoms in total. The number of carbonyl (C=O) groups is 1. The molecule has 2 N–H and O–H groups in total. The number of hydrogen-bond acceptors (Lipinski definition) is 3. The Balaban J connectivity index is 1.93. The predicted molar refractivity (Wildman–Crippen MR) is 96.2 cm³/mol. The lowest BCUT2D eigenvalue weighted by atomic mass is 10.2. The van der Waals surface area contributed by atoms with Crippen LogP contribution in [0.5, 0.6) is 0 Å². The van der Waals surface area contributed by atoms with Gasteiger partial charge in [0.05, 0.1) is 11.6 Å². The van der Waals surface area contributed by atoms with E-state index in [0.29, 0.717) is 4.57 Å². The summed E-state index contributed by atoms with van der Waals surface area (Å²) in [4.78, 5) is 39.1. The number of halogens is 3. The molecule has 0 saturated carbocycles. The number of anilines is 1. The highest BCUT2D eigenvalue weighted by molar-refractivity contribution is 6.31. The molecule has 1 aromatic heterocycles. The van der Waals surface area contributed by atoms with E-state index >= 15 is 0 Å². The summed E-state index contributed by atoms with van der Waals surface area (Å²) < 4.78 is 27.7. The van der Waals surface area contributed by atoms with Crippen molar-refractivity contribution in [2.45, 2.75) is 6.54 Å². The Morgan fingerprint density at radius 1 is 1.11 bits per heavy atom. The molecule has 0 bridgehead atoms. The van der Waals surface area contributed by atoms with Gasteiger partial charge in [-0.3, -0.25) is 14.2 Å². The van der Waals surface area contributed by atoms with E-state index in [9.17, 15) is 23.2 Å². The molecule has 1 amide bonds. The highest BCUT2D eigenvalue weighted by Gasteiger charge is 2.16. The van der Waals surface area contributed by atoms with Gasteiger partial charge in [0.2, 0.25) is 0 Å². The molecule has 0 unspecified atom stereocenters. The number of carbonyl (C=O) groups excluding carboxylic acids is 1. The first kappa shape index (κ1) is 18.5. The number of amides is 1. The largest absolute Gasteiger partial charge is 0.328 e. The lowest BCUT2D eigenvalue weighted by molar-refractivity contribution is 0.102. The smallest absolute Gasteiger partial charge is 0.322 e. The quantitative estimate of drug-likeness (QED) is 0.717. The number of H-pyrrole nitrogens is 1. The third-order valence-corrected chi connectivity index (χ3v) is 4.06. The van der Waals surface area contributed by atoms with E-state index in [4.69, 9.17) is 11.6 Å². The van der Waals surface area contributed by atoms with Crippen LogP contribution in [0.4, 0.5) is 14.5 Å².